The quantitative estimate of drug-likeness (QED) is 0.436. The van der Waals surface area contributed by atoms with Gasteiger partial charge in [-0.15, -0.1) is 0 Å². The molecule has 1 aromatic heterocycles. The summed E-state index contributed by atoms with van der Waals surface area (Å²) in [7, 11) is 0. The molecule has 0 aliphatic carbocycles. The monoisotopic (exact) mass is 419 g/mol. The molecule has 152 valence electrons. The summed E-state index contributed by atoms with van der Waals surface area (Å²) in [4.78, 5) is 20.0. The molecule has 0 aliphatic rings. The fraction of sp³-hybridized carbons (Fsp3) is 0.286. The van der Waals surface area contributed by atoms with Crippen LogP contribution in [0.1, 0.15) is 29.4 Å². The number of aromatic nitrogens is 2. The minimum atomic E-state index is -4.67. The van der Waals surface area contributed by atoms with E-state index in [0.717, 1.165) is 34.1 Å². The van der Waals surface area contributed by atoms with Crippen LogP contribution in [-0.4, -0.2) is 21.1 Å². The lowest BCUT2D eigenvalue weighted by Gasteiger charge is -2.17. The minimum Gasteiger partial charge on any atom is -0.325 e. The molecule has 1 amide bonds. The zero-order chi connectivity index (χ0) is 21.3. The third-order valence-electron chi connectivity index (χ3n) is 4.40. The number of carbonyl (C=O) groups excluding carboxylic acids is 1. The van der Waals surface area contributed by atoms with Gasteiger partial charge in [0.1, 0.15) is 5.03 Å². The van der Waals surface area contributed by atoms with Crippen molar-refractivity contribution in [3.05, 3.63) is 58.9 Å². The fourth-order valence-corrected chi connectivity index (χ4v) is 4.03. The van der Waals surface area contributed by atoms with E-state index in [0.29, 0.717) is 5.39 Å². The van der Waals surface area contributed by atoms with Crippen molar-refractivity contribution in [3.63, 3.8) is 0 Å². The highest BCUT2D eigenvalue weighted by atomic mass is 32.2. The van der Waals surface area contributed by atoms with E-state index in [9.17, 15) is 18.0 Å². The summed E-state index contributed by atoms with van der Waals surface area (Å²) in [6, 6.07) is 10.4. The second-order valence-electron chi connectivity index (χ2n) is 6.89. The van der Waals surface area contributed by atoms with Crippen LogP contribution in [0.25, 0.3) is 10.9 Å². The maximum absolute atomic E-state index is 13.2. The Morgan fingerprint density at radius 3 is 2.31 bits per heavy atom. The van der Waals surface area contributed by atoms with E-state index in [-0.39, 0.29) is 16.4 Å². The molecule has 3 aromatic rings. The first-order valence-corrected chi connectivity index (χ1v) is 9.83. The second kappa shape index (κ2) is 8.02. The van der Waals surface area contributed by atoms with Crippen molar-refractivity contribution in [2.75, 3.05) is 5.32 Å². The molecular formula is C21H20F3N3OS. The summed E-state index contributed by atoms with van der Waals surface area (Å²) in [5.41, 5.74) is 3.86. The molecule has 2 aromatic carbocycles. The number of fused-ring (bicyclic) bond motifs is 1. The number of rotatable bonds is 4. The van der Waals surface area contributed by atoms with Gasteiger partial charge in [-0.3, -0.25) is 4.79 Å². The number of nitrogens with one attached hydrogen (secondary N) is 1. The number of aryl methyl sites for hydroxylation is 3. The summed E-state index contributed by atoms with van der Waals surface area (Å²) >= 11 is 0.982. The molecule has 1 heterocycles. The third kappa shape index (κ3) is 4.70. The molecule has 0 spiro atoms. The molecule has 1 atom stereocenters. The number of anilines is 1. The second-order valence-corrected chi connectivity index (χ2v) is 8.22. The topological polar surface area (TPSA) is 54.9 Å². The molecule has 0 radical (unpaired) electrons. The van der Waals surface area contributed by atoms with Crippen molar-refractivity contribution in [2.45, 2.75) is 44.1 Å². The van der Waals surface area contributed by atoms with Gasteiger partial charge in [0.2, 0.25) is 11.7 Å². The van der Waals surface area contributed by atoms with Crippen molar-refractivity contribution in [3.8, 4) is 0 Å². The van der Waals surface area contributed by atoms with Crippen LogP contribution < -0.4 is 5.32 Å². The molecule has 0 fully saturated rings. The Morgan fingerprint density at radius 2 is 1.69 bits per heavy atom. The number of benzene rings is 2. The molecule has 29 heavy (non-hydrogen) atoms. The molecule has 0 saturated carbocycles. The van der Waals surface area contributed by atoms with Crippen LogP contribution >= 0.6 is 11.8 Å². The number of nitrogens with zero attached hydrogens (tertiary/aromatic N) is 2. The first-order chi connectivity index (χ1) is 13.6. The number of halogens is 3. The highest BCUT2D eigenvalue weighted by Gasteiger charge is 2.36. The number of hydrogen-bond acceptors (Lipinski definition) is 4. The molecular weight excluding hydrogens is 399 g/mol. The zero-order valence-electron chi connectivity index (χ0n) is 16.4. The van der Waals surface area contributed by atoms with Crippen LogP contribution in [0.15, 0.2) is 41.4 Å². The zero-order valence-corrected chi connectivity index (χ0v) is 17.2. The van der Waals surface area contributed by atoms with Gasteiger partial charge < -0.3 is 5.32 Å². The SMILES string of the molecule is Cc1cc(C)c(NC(=O)[C@@H](C)Sc2nc(C(F)(F)F)nc3ccccc23)c(C)c1. The highest BCUT2D eigenvalue weighted by molar-refractivity contribution is 8.00. The lowest BCUT2D eigenvalue weighted by molar-refractivity contribution is -0.145. The molecule has 1 N–H and O–H groups in total. The van der Waals surface area contributed by atoms with Gasteiger partial charge in [0.25, 0.3) is 0 Å². The molecule has 4 nitrogen and oxygen atoms in total. The van der Waals surface area contributed by atoms with Crippen molar-refractivity contribution >= 4 is 34.3 Å². The van der Waals surface area contributed by atoms with Crippen LogP contribution in [0.5, 0.6) is 0 Å². The average Bonchev–Trinajstić information content (AvgIpc) is 2.63. The average molecular weight is 419 g/mol. The Bertz CT molecular complexity index is 1060. The molecule has 0 saturated heterocycles. The van der Waals surface area contributed by atoms with Crippen LogP contribution in [0.4, 0.5) is 18.9 Å². The summed E-state index contributed by atoms with van der Waals surface area (Å²) < 4.78 is 39.6. The first-order valence-electron chi connectivity index (χ1n) is 8.95. The van der Waals surface area contributed by atoms with E-state index in [2.05, 4.69) is 15.3 Å². The van der Waals surface area contributed by atoms with E-state index in [4.69, 9.17) is 0 Å². The number of carbonyl (C=O) groups is 1. The molecule has 8 heteroatoms. The molecule has 0 bridgehead atoms. The number of thioether (sulfide) groups is 1. The van der Waals surface area contributed by atoms with Gasteiger partial charge in [0, 0.05) is 11.1 Å². The molecule has 0 aliphatic heterocycles. The Labute approximate surface area is 170 Å². The number of amides is 1. The van der Waals surface area contributed by atoms with Gasteiger partial charge in [0.05, 0.1) is 10.8 Å². The first kappa shape index (κ1) is 21.1. The van der Waals surface area contributed by atoms with Crippen LogP contribution in [0.2, 0.25) is 0 Å². The van der Waals surface area contributed by atoms with Crippen molar-refractivity contribution in [1.82, 2.24) is 9.97 Å². The maximum atomic E-state index is 13.2. The van der Waals surface area contributed by atoms with Crippen molar-refractivity contribution < 1.29 is 18.0 Å². The smallest absolute Gasteiger partial charge is 0.325 e. The number of para-hydroxylation sites is 1. The number of hydrogen-bond donors (Lipinski definition) is 1. The van der Waals surface area contributed by atoms with Gasteiger partial charge in [0.15, 0.2) is 0 Å². The Kier molecular flexibility index (Phi) is 5.84. The van der Waals surface area contributed by atoms with Gasteiger partial charge in [-0.1, -0.05) is 47.7 Å². The van der Waals surface area contributed by atoms with Gasteiger partial charge in [-0.2, -0.15) is 13.2 Å². The summed E-state index contributed by atoms with van der Waals surface area (Å²) in [6.07, 6.45) is -4.67. The van der Waals surface area contributed by atoms with Crippen LogP contribution in [0.3, 0.4) is 0 Å². The Hall–Kier alpha value is -2.61. The van der Waals surface area contributed by atoms with E-state index < -0.39 is 17.3 Å². The summed E-state index contributed by atoms with van der Waals surface area (Å²) in [6.45, 7) is 7.42. The van der Waals surface area contributed by atoms with Gasteiger partial charge in [-0.25, -0.2) is 9.97 Å². The van der Waals surface area contributed by atoms with E-state index in [1.165, 1.54) is 6.07 Å². The maximum Gasteiger partial charge on any atom is 0.451 e. The molecule has 0 unspecified atom stereocenters. The third-order valence-corrected chi connectivity index (χ3v) is 5.51. The lowest BCUT2D eigenvalue weighted by Crippen LogP contribution is -2.24. The normalized spacial score (nSPS) is 12.8. The predicted molar refractivity (Wildman–Crippen MR) is 109 cm³/mol. The Balaban J connectivity index is 1.89. The standard InChI is InChI=1S/C21H20F3N3OS/c1-11-9-12(2)17(13(3)10-11)26-18(28)14(4)29-19-15-7-5-6-8-16(15)25-20(27-19)21(22,23)24/h5-10,14H,1-4H3,(H,26,28)/t14-/m1/s1. The lowest BCUT2D eigenvalue weighted by atomic mass is 10.1. The van der Waals surface area contributed by atoms with Crippen LogP contribution in [0, 0.1) is 20.8 Å². The number of alkyl halides is 3. The van der Waals surface area contributed by atoms with E-state index in [1.54, 1.807) is 25.1 Å². The fourth-order valence-electron chi connectivity index (χ4n) is 3.09. The summed E-state index contributed by atoms with van der Waals surface area (Å²) in [5, 5.41) is 2.84. The van der Waals surface area contributed by atoms with Crippen LogP contribution in [-0.2, 0) is 11.0 Å². The predicted octanol–water partition coefficient (Wildman–Crippen LogP) is 5.69. The van der Waals surface area contributed by atoms with Crippen molar-refractivity contribution in [2.24, 2.45) is 0 Å². The van der Waals surface area contributed by atoms with Gasteiger partial charge in [-0.05, 0) is 44.9 Å². The largest absolute Gasteiger partial charge is 0.451 e. The minimum absolute atomic E-state index is 0.128. The van der Waals surface area contributed by atoms with E-state index >= 15 is 0 Å². The highest BCUT2D eigenvalue weighted by Crippen LogP contribution is 2.34. The Morgan fingerprint density at radius 1 is 1.07 bits per heavy atom. The summed E-state index contributed by atoms with van der Waals surface area (Å²) in [5.74, 6) is -1.52. The molecule has 3 rings (SSSR count). The van der Waals surface area contributed by atoms with Gasteiger partial charge >= 0.3 is 6.18 Å². The van der Waals surface area contributed by atoms with Crippen molar-refractivity contribution in [1.29, 1.82) is 0 Å². The van der Waals surface area contributed by atoms with E-state index in [1.807, 2.05) is 32.9 Å².